The van der Waals surface area contributed by atoms with Crippen molar-refractivity contribution in [2.45, 2.75) is 37.7 Å². The van der Waals surface area contributed by atoms with E-state index in [0.717, 1.165) is 43.6 Å². The quantitative estimate of drug-likeness (QED) is 0.732. The molecule has 0 aromatic rings. The number of hydrogen-bond acceptors (Lipinski definition) is 4. The predicted molar refractivity (Wildman–Crippen MR) is 59.8 cm³/mol. The lowest BCUT2D eigenvalue weighted by atomic mass is 9.57. The van der Waals surface area contributed by atoms with Gasteiger partial charge in [0.15, 0.2) is 0 Å². The maximum atomic E-state index is 11.8. The molecule has 2 rings (SSSR count). The average molecular weight is 230 g/mol. The molecule has 3 nitrogen and oxygen atoms in total. The van der Waals surface area contributed by atoms with Crippen LogP contribution in [-0.2, 0) is 9.53 Å². The molecule has 2 fully saturated rings. The smallest absolute Gasteiger partial charge is 0.314 e. The third kappa shape index (κ3) is 1.58. The minimum absolute atomic E-state index is 0.205. The van der Waals surface area contributed by atoms with Gasteiger partial charge in [0, 0.05) is 0 Å². The van der Waals surface area contributed by atoms with Crippen molar-refractivity contribution in [3.05, 3.63) is 0 Å². The van der Waals surface area contributed by atoms with Gasteiger partial charge in [-0.2, -0.15) is 11.8 Å². The van der Waals surface area contributed by atoms with Gasteiger partial charge in [-0.1, -0.05) is 6.42 Å². The number of hydrogen-bond donors (Lipinski definition) is 1. The molecular formula is C11H18O3S. The summed E-state index contributed by atoms with van der Waals surface area (Å²) in [7, 11) is 1.42. The SMILES string of the molecule is COC(=O)C1(C2(O)CCSCC2)CCC1. The maximum absolute atomic E-state index is 11.8. The van der Waals surface area contributed by atoms with Crippen LogP contribution in [0.5, 0.6) is 0 Å². The molecular weight excluding hydrogens is 212 g/mol. The van der Waals surface area contributed by atoms with Crippen LogP contribution in [0, 0.1) is 5.41 Å². The monoisotopic (exact) mass is 230 g/mol. The summed E-state index contributed by atoms with van der Waals surface area (Å²) in [6.07, 6.45) is 4.08. The van der Waals surface area contributed by atoms with Crippen molar-refractivity contribution in [2.24, 2.45) is 5.41 Å². The number of rotatable bonds is 2. The molecule has 1 saturated carbocycles. The van der Waals surface area contributed by atoms with Crippen molar-refractivity contribution >= 4 is 17.7 Å². The number of carbonyl (C=O) groups excluding carboxylic acids is 1. The normalized spacial score (nSPS) is 27.9. The summed E-state index contributed by atoms with van der Waals surface area (Å²) in [5, 5.41) is 10.6. The summed E-state index contributed by atoms with van der Waals surface area (Å²) in [4.78, 5) is 11.8. The Morgan fingerprint density at radius 2 is 1.87 bits per heavy atom. The van der Waals surface area contributed by atoms with Gasteiger partial charge in [0.2, 0.25) is 0 Å². The average Bonchev–Trinajstić information content (AvgIpc) is 2.16. The van der Waals surface area contributed by atoms with Crippen LogP contribution in [0.15, 0.2) is 0 Å². The Morgan fingerprint density at radius 1 is 1.27 bits per heavy atom. The van der Waals surface area contributed by atoms with Crippen molar-refractivity contribution in [1.29, 1.82) is 0 Å². The van der Waals surface area contributed by atoms with Crippen molar-refractivity contribution in [2.75, 3.05) is 18.6 Å². The third-order valence-electron chi connectivity index (χ3n) is 3.99. The van der Waals surface area contributed by atoms with Crippen LogP contribution in [-0.4, -0.2) is 35.3 Å². The fraction of sp³-hybridized carbons (Fsp3) is 0.909. The van der Waals surface area contributed by atoms with E-state index in [4.69, 9.17) is 4.74 Å². The number of esters is 1. The van der Waals surface area contributed by atoms with Gasteiger partial charge in [-0.15, -0.1) is 0 Å². The maximum Gasteiger partial charge on any atom is 0.314 e. The molecule has 1 aliphatic heterocycles. The zero-order valence-corrected chi connectivity index (χ0v) is 9.94. The van der Waals surface area contributed by atoms with Crippen LogP contribution in [0.1, 0.15) is 32.1 Å². The molecule has 0 spiro atoms. The number of carbonyl (C=O) groups is 1. The summed E-state index contributed by atoms with van der Waals surface area (Å²) < 4.78 is 4.87. The number of aliphatic hydroxyl groups is 1. The predicted octanol–water partition coefficient (Wildman–Crippen LogP) is 1.59. The number of methoxy groups -OCH3 is 1. The van der Waals surface area contributed by atoms with Crippen LogP contribution >= 0.6 is 11.8 Å². The molecule has 0 unspecified atom stereocenters. The van der Waals surface area contributed by atoms with E-state index in [1.165, 1.54) is 7.11 Å². The molecule has 1 heterocycles. The molecule has 4 heteroatoms. The molecule has 0 amide bonds. The molecule has 15 heavy (non-hydrogen) atoms. The zero-order valence-electron chi connectivity index (χ0n) is 9.12. The molecule has 0 atom stereocenters. The minimum Gasteiger partial charge on any atom is -0.469 e. The summed E-state index contributed by atoms with van der Waals surface area (Å²) in [5.74, 6) is 1.70. The highest BCUT2D eigenvalue weighted by Gasteiger charge is 2.59. The number of ether oxygens (including phenoxy) is 1. The topological polar surface area (TPSA) is 46.5 Å². The van der Waals surface area contributed by atoms with Crippen LogP contribution in [0.3, 0.4) is 0 Å². The molecule has 0 bridgehead atoms. The summed E-state index contributed by atoms with van der Waals surface area (Å²) >= 11 is 1.86. The Morgan fingerprint density at radius 3 is 2.27 bits per heavy atom. The van der Waals surface area contributed by atoms with Crippen molar-refractivity contribution < 1.29 is 14.6 Å². The molecule has 2 aliphatic rings. The lowest BCUT2D eigenvalue weighted by Crippen LogP contribution is -2.59. The molecule has 0 radical (unpaired) electrons. The molecule has 0 aromatic heterocycles. The van der Waals surface area contributed by atoms with E-state index in [2.05, 4.69) is 0 Å². The standard InChI is InChI=1S/C11H18O3S/c1-14-9(12)10(3-2-4-10)11(13)5-7-15-8-6-11/h13H,2-8H2,1H3. The largest absolute Gasteiger partial charge is 0.469 e. The Balaban J connectivity index is 2.20. The van der Waals surface area contributed by atoms with Crippen LogP contribution in [0.25, 0.3) is 0 Å². The molecule has 86 valence electrons. The first-order valence-corrected chi connectivity index (χ1v) is 6.69. The van der Waals surface area contributed by atoms with Gasteiger partial charge in [-0.05, 0) is 37.2 Å². The van der Waals surface area contributed by atoms with E-state index in [-0.39, 0.29) is 5.97 Å². The van der Waals surface area contributed by atoms with Gasteiger partial charge in [-0.3, -0.25) is 4.79 Å². The van der Waals surface area contributed by atoms with E-state index < -0.39 is 11.0 Å². The Bertz CT molecular complexity index is 255. The van der Waals surface area contributed by atoms with E-state index in [1.54, 1.807) is 0 Å². The third-order valence-corrected chi connectivity index (χ3v) is 4.98. The summed E-state index contributed by atoms with van der Waals surface area (Å²) in [6, 6.07) is 0. The molecule has 1 saturated heterocycles. The highest BCUT2D eigenvalue weighted by molar-refractivity contribution is 7.99. The van der Waals surface area contributed by atoms with Crippen molar-refractivity contribution in [1.82, 2.24) is 0 Å². The fourth-order valence-electron chi connectivity index (χ4n) is 2.77. The minimum atomic E-state index is -0.802. The van der Waals surface area contributed by atoms with Gasteiger partial charge in [-0.25, -0.2) is 0 Å². The number of thioether (sulfide) groups is 1. The van der Waals surface area contributed by atoms with Gasteiger partial charge in [0.05, 0.1) is 18.1 Å². The summed E-state index contributed by atoms with van der Waals surface area (Å²) in [5.41, 5.74) is -1.38. The first-order valence-electron chi connectivity index (χ1n) is 5.53. The van der Waals surface area contributed by atoms with E-state index >= 15 is 0 Å². The van der Waals surface area contributed by atoms with Gasteiger partial charge in [0.1, 0.15) is 0 Å². The van der Waals surface area contributed by atoms with Gasteiger partial charge < -0.3 is 9.84 Å². The van der Waals surface area contributed by atoms with Crippen LogP contribution in [0.2, 0.25) is 0 Å². The second kappa shape index (κ2) is 3.98. The van der Waals surface area contributed by atoms with Crippen molar-refractivity contribution in [3.63, 3.8) is 0 Å². The lowest BCUT2D eigenvalue weighted by Gasteiger charge is -2.52. The van der Waals surface area contributed by atoms with Crippen LogP contribution in [0.4, 0.5) is 0 Å². The zero-order chi connectivity index (χ0) is 10.9. The Kier molecular flexibility index (Phi) is 2.99. The molecule has 1 aliphatic carbocycles. The Labute approximate surface area is 94.6 Å². The lowest BCUT2D eigenvalue weighted by molar-refractivity contribution is -0.189. The van der Waals surface area contributed by atoms with E-state index in [9.17, 15) is 9.90 Å². The highest BCUT2D eigenvalue weighted by atomic mass is 32.2. The second-order valence-corrected chi connectivity index (χ2v) is 5.80. The van der Waals surface area contributed by atoms with Crippen LogP contribution < -0.4 is 0 Å². The first kappa shape index (κ1) is 11.3. The fourth-order valence-corrected chi connectivity index (χ4v) is 3.94. The van der Waals surface area contributed by atoms with Gasteiger partial charge in [0.25, 0.3) is 0 Å². The van der Waals surface area contributed by atoms with Crippen molar-refractivity contribution in [3.8, 4) is 0 Å². The molecule has 1 N–H and O–H groups in total. The van der Waals surface area contributed by atoms with Gasteiger partial charge >= 0.3 is 5.97 Å². The first-order chi connectivity index (χ1) is 7.15. The van der Waals surface area contributed by atoms with E-state index in [0.29, 0.717) is 0 Å². The highest BCUT2D eigenvalue weighted by Crippen LogP contribution is 2.54. The Hall–Kier alpha value is -0.220. The molecule has 0 aromatic carbocycles. The summed E-state index contributed by atoms with van der Waals surface area (Å²) in [6.45, 7) is 0. The van der Waals surface area contributed by atoms with E-state index in [1.807, 2.05) is 11.8 Å². The second-order valence-electron chi connectivity index (χ2n) is 4.57.